The molecule has 1 aromatic rings. The van der Waals surface area contributed by atoms with Gasteiger partial charge in [0.2, 0.25) is 5.91 Å². The Balaban J connectivity index is 2.69. The molecule has 4 nitrogen and oxygen atoms in total. The van der Waals surface area contributed by atoms with E-state index in [0.717, 1.165) is 18.2 Å². The average molecular weight is 311 g/mol. The maximum absolute atomic E-state index is 12.5. The molecule has 0 aliphatic heterocycles. The molecule has 0 spiro atoms. The van der Waals surface area contributed by atoms with E-state index in [2.05, 4.69) is 10.6 Å². The summed E-state index contributed by atoms with van der Waals surface area (Å²) in [5, 5.41) is 13.9. The van der Waals surface area contributed by atoms with Crippen LogP contribution in [0.3, 0.4) is 0 Å². The number of aliphatic hydroxyl groups is 1. The topological polar surface area (TPSA) is 61.4 Å². The average Bonchev–Trinajstić information content (AvgIpc) is 2.30. The fourth-order valence-electron chi connectivity index (χ4n) is 1.39. The zero-order chi connectivity index (χ0) is 15.3. The van der Waals surface area contributed by atoms with E-state index >= 15 is 0 Å². The highest BCUT2D eigenvalue weighted by molar-refractivity contribution is 6.33. The van der Waals surface area contributed by atoms with Crippen LogP contribution in [0.2, 0.25) is 5.02 Å². The highest BCUT2D eigenvalue weighted by Gasteiger charge is 2.31. The second kappa shape index (κ2) is 6.92. The standard InChI is InChI=1S/C12H14ClF3N2O2/c1-7(19)5-17-6-11(20)18-10-4-8(12(14,15)16)2-3-9(10)13/h2-4,7,17,19H,5-6H2,1H3,(H,18,20)/t7-/m0/s1. The number of nitrogens with one attached hydrogen (secondary N) is 2. The largest absolute Gasteiger partial charge is 0.416 e. The van der Waals surface area contributed by atoms with E-state index in [1.807, 2.05) is 0 Å². The van der Waals surface area contributed by atoms with Crippen LogP contribution in [-0.4, -0.2) is 30.2 Å². The maximum atomic E-state index is 12.5. The fourth-order valence-corrected chi connectivity index (χ4v) is 1.55. The third kappa shape index (κ3) is 5.36. The van der Waals surface area contributed by atoms with E-state index in [-0.39, 0.29) is 23.8 Å². The summed E-state index contributed by atoms with van der Waals surface area (Å²) < 4.78 is 37.6. The summed E-state index contributed by atoms with van der Waals surface area (Å²) in [5.41, 5.74) is -1.00. The monoisotopic (exact) mass is 310 g/mol. The molecule has 0 saturated heterocycles. The van der Waals surface area contributed by atoms with Crippen molar-refractivity contribution in [3.05, 3.63) is 28.8 Å². The molecule has 1 amide bonds. The number of carbonyl (C=O) groups is 1. The molecule has 1 rings (SSSR count). The van der Waals surface area contributed by atoms with Crippen LogP contribution in [0.5, 0.6) is 0 Å². The number of aliphatic hydroxyl groups excluding tert-OH is 1. The van der Waals surface area contributed by atoms with Crippen molar-refractivity contribution in [3.63, 3.8) is 0 Å². The van der Waals surface area contributed by atoms with Gasteiger partial charge in [-0.05, 0) is 25.1 Å². The summed E-state index contributed by atoms with van der Waals surface area (Å²) >= 11 is 5.73. The van der Waals surface area contributed by atoms with Crippen LogP contribution in [0.25, 0.3) is 0 Å². The molecule has 20 heavy (non-hydrogen) atoms. The highest BCUT2D eigenvalue weighted by atomic mass is 35.5. The molecule has 0 aromatic heterocycles. The van der Waals surface area contributed by atoms with Gasteiger partial charge in [-0.3, -0.25) is 4.79 Å². The molecule has 0 aliphatic carbocycles. The van der Waals surface area contributed by atoms with Gasteiger partial charge in [0.1, 0.15) is 0 Å². The first-order chi connectivity index (χ1) is 9.20. The number of alkyl halides is 3. The van der Waals surface area contributed by atoms with Gasteiger partial charge in [-0.15, -0.1) is 0 Å². The van der Waals surface area contributed by atoms with E-state index in [1.54, 1.807) is 0 Å². The number of anilines is 1. The molecule has 1 aromatic carbocycles. The Morgan fingerprint density at radius 1 is 1.45 bits per heavy atom. The van der Waals surface area contributed by atoms with Crippen LogP contribution in [0.15, 0.2) is 18.2 Å². The van der Waals surface area contributed by atoms with E-state index in [4.69, 9.17) is 16.7 Å². The summed E-state index contributed by atoms with van der Waals surface area (Å²) in [4.78, 5) is 11.5. The van der Waals surface area contributed by atoms with E-state index < -0.39 is 23.8 Å². The Hall–Kier alpha value is -1.31. The molecule has 0 unspecified atom stereocenters. The van der Waals surface area contributed by atoms with Gasteiger partial charge in [-0.2, -0.15) is 13.2 Å². The summed E-state index contributed by atoms with van der Waals surface area (Å²) in [6.07, 6.45) is -5.13. The van der Waals surface area contributed by atoms with Crippen molar-refractivity contribution in [1.82, 2.24) is 5.32 Å². The van der Waals surface area contributed by atoms with E-state index in [1.165, 1.54) is 6.92 Å². The van der Waals surface area contributed by atoms with Crippen LogP contribution in [-0.2, 0) is 11.0 Å². The molecular formula is C12H14ClF3N2O2. The number of carbonyl (C=O) groups excluding carboxylic acids is 1. The Bertz CT molecular complexity index is 478. The smallest absolute Gasteiger partial charge is 0.392 e. The minimum Gasteiger partial charge on any atom is -0.392 e. The second-order valence-corrected chi connectivity index (χ2v) is 4.63. The summed E-state index contributed by atoms with van der Waals surface area (Å²) in [7, 11) is 0. The van der Waals surface area contributed by atoms with Gasteiger partial charge in [0.25, 0.3) is 0 Å². The molecule has 3 N–H and O–H groups in total. The zero-order valence-electron chi connectivity index (χ0n) is 10.6. The maximum Gasteiger partial charge on any atom is 0.416 e. The van der Waals surface area contributed by atoms with Crippen LogP contribution in [0.4, 0.5) is 18.9 Å². The molecule has 0 radical (unpaired) electrons. The first-order valence-electron chi connectivity index (χ1n) is 5.75. The molecule has 8 heteroatoms. The first kappa shape index (κ1) is 16.7. The Morgan fingerprint density at radius 2 is 2.10 bits per heavy atom. The summed E-state index contributed by atoms with van der Waals surface area (Å²) in [6.45, 7) is 1.59. The lowest BCUT2D eigenvalue weighted by molar-refractivity contribution is -0.137. The number of hydrogen-bond acceptors (Lipinski definition) is 3. The Morgan fingerprint density at radius 3 is 2.65 bits per heavy atom. The van der Waals surface area contributed by atoms with Crippen molar-refractivity contribution in [2.45, 2.75) is 19.2 Å². The van der Waals surface area contributed by atoms with Gasteiger partial charge >= 0.3 is 6.18 Å². The zero-order valence-corrected chi connectivity index (χ0v) is 11.3. The summed E-state index contributed by atoms with van der Waals surface area (Å²) in [5.74, 6) is -0.549. The molecule has 0 bridgehead atoms. The molecule has 0 fully saturated rings. The molecule has 0 aliphatic rings. The lowest BCUT2D eigenvalue weighted by atomic mass is 10.2. The predicted octanol–water partition coefficient (Wildman–Crippen LogP) is 2.27. The van der Waals surface area contributed by atoms with Crippen LogP contribution >= 0.6 is 11.6 Å². The van der Waals surface area contributed by atoms with Crippen molar-refractivity contribution in [2.75, 3.05) is 18.4 Å². The van der Waals surface area contributed by atoms with Crippen molar-refractivity contribution in [1.29, 1.82) is 0 Å². The third-order valence-electron chi connectivity index (χ3n) is 2.29. The van der Waals surface area contributed by atoms with Gasteiger partial charge in [0, 0.05) is 6.54 Å². The van der Waals surface area contributed by atoms with Crippen molar-refractivity contribution < 1.29 is 23.1 Å². The van der Waals surface area contributed by atoms with Gasteiger partial charge < -0.3 is 15.7 Å². The van der Waals surface area contributed by atoms with Gasteiger partial charge in [-0.1, -0.05) is 11.6 Å². The van der Waals surface area contributed by atoms with Crippen molar-refractivity contribution >= 4 is 23.2 Å². The minimum atomic E-state index is -4.51. The number of amides is 1. The Kier molecular flexibility index (Phi) is 5.79. The fraction of sp³-hybridized carbons (Fsp3) is 0.417. The van der Waals surface area contributed by atoms with Crippen LogP contribution in [0, 0.1) is 0 Å². The number of halogens is 4. The van der Waals surface area contributed by atoms with Crippen LogP contribution < -0.4 is 10.6 Å². The van der Waals surface area contributed by atoms with E-state index in [9.17, 15) is 18.0 Å². The van der Waals surface area contributed by atoms with Crippen molar-refractivity contribution in [2.24, 2.45) is 0 Å². The molecule has 112 valence electrons. The number of benzene rings is 1. The SMILES string of the molecule is C[C@H](O)CNCC(=O)Nc1cc(C(F)(F)F)ccc1Cl. The lowest BCUT2D eigenvalue weighted by Gasteiger charge is -2.12. The third-order valence-corrected chi connectivity index (χ3v) is 2.62. The number of rotatable bonds is 5. The van der Waals surface area contributed by atoms with Gasteiger partial charge in [0.05, 0.1) is 28.9 Å². The Labute approximate surface area is 118 Å². The lowest BCUT2D eigenvalue weighted by Crippen LogP contribution is -2.32. The van der Waals surface area contributed by atoms with E-state index in [0.29, 0.717) is 0 Å². The normalized spacial score (nSPS) is 13.1. The quantitative estimate of drug-likeness (QED) is 0.782. The summed E-state index contributed by atoms with van der Waals surface area (Å²) in [6, 6.07) is 2.68. The van der Waals surface area contributed by atoms with Gasteiger partial charge in [-0.25, -0.2) is 0 Å². The van der Waals surface area contributed by atoms with Gasteiger partial charge in [0.15, 0.2) is 0 Å². The van der Waals surface area contributed by atoms with Crippen LogP contribution in [0.1, 0.15) is 12.5 Å². The first-order valence-corrected chi connectivity index (χ1v) is 6.13. The molecule has 0 heterocycles. The predicted molar refractivity (Wildman–Crippen MR) is 69.6 cm³/mol. The van der Waals surface area contributed by atoms with Crippen molar-refractivity contribution in [3.8, 4) is 0 Å². The molecule has 0 saturated carbocycles. The molecular weight excluding hydrogens is 297 g/mol. The highest BCUT2D eigenvalue weighted by Crippen LogP contribution is 2.33. The molecule has 1 atom stereocenters. The second-order valence-electron chi connectivity index (χ2n) is 4.22. The minimum absolute atomic E-state index is 0.0156. The number of hydrogen-bond donors (Lipinski definition) is 3.